The summed E-state index contributed by atoms with van der Waals surface area (Å²) in [6, 6.07) is 4.02. The van der Waals surface area contributed by atoms with Crippen molar-refractivity contribution < 1.29 is 19.5 Å². The fourth-order valence-electron chi connectivity index (χ4n) is 1.92. The summed E-state index contributed by atoms with van der Waals surface area (Å²) >= 11 is 3.26. The molecule has 1 aliphatic heterocycles. The maximum Gasteiger partial charge on any atom is 0.335 e. The number of hydrogen-bond donors (Lipinski definition) is 3. The van der Waals surface area contributed by atoms with Crippen LogP contribution in [0.5, 0.6) is 0 Å². The van der Waals surface area contributed by atoms with Crippen LogP contribution < -0.4 is 10.6 Å². The van der Waals surface area contributed by atoms with Gasteiger partial charge in [-0.25, -0.2) is 9.59 Å². The second-order valence-corrected chi connectivity index (χ2v) is 5.37. The number of carboxylic acids is 1. The molecule has 1 aromatic rings. The summed E-state index contributed by atoms with van der Waals surface area (Å²) in [6.45, 7) is 1.14. The highest BCUT2D eigenvalue weighted by molar-refractivity contribution is 9.10. The number of rotatable bonds is 2. The van der Waals surface area contributed by atoms with Crippen molar-refractivity contribution in [2.24, 2.45) is 0 Å². The van der Waals surface area contributed by atoms with Gasteiger partial charge in [0.05, 0.1) is 11.3 Å². The van der Waals surface area contributed by atoms with Gasteiger partial charge in [0, 0.05) is 30.5 Å². The van der Waals surface area contributed by atoms with Crippen LogP contribution in [0.15, 0.2) is 22.7 Å². The van der Waals surface area contributed by atoms with Gasteiger partial charge in [-0.3, -0.25) is 4.79 Å². The van der Waals surface area contributed by atoms with Gasteiger partial charge < -0.3 is 20.6 Å². The summed E-state index contributed by atoms with van der Waals surface area (Å²) in [4.78, 5) is 35.9. The average molecular weight is 356 g/mol. The number of hydrogen-bond acceptors (Lipinski definition) is 3. The minimum atomic E-state index is -1.07. The van der Waals surface area contributed by atoms with E-state index in [0.29, 0.717) is 29.8 Å². The number of benzene rings is 1. The minimum Gasteiger partial charge on any atom is -0.478 e. The average Bonchev–Trinajstić information content (AvgIpc) is 2.65. The molecular weight excluding hydrogens is 342 g/mol. The lowest BCUT2D eigenvalue weighted by Crippen LogP contribution is -2.37. The highest BCUT2D eigenvalue weighted by Crippen LogP contribution is 2.24. The Morgan fingerprint density at radius 1 is 1.33 bits per heavy atom. The molecule has 0 spiro atoms. The monoisotopic (exact) mass is 355 g/mol. The van der Waals surface area contributed by atoms with Crippen molar-refractivity contribution in [3.63, 3.8) is 0 Å². The summed E-state index contributed by atoms with van der Waals surface area (Å²) in [5.41, 5.74) is 0.463. The van der Waals surface area contributed by atoms with Crippen LogP contribution in [-0.2, 0) is 4.79 Å². The highest BCUT2D eigenvalue weighted by atomic mass is 79.9. The summed E-state index contributed by atoms with van der Waals surface area (Å²) in [6.07, 6.45) is 0.254. The summed E-state index contributed by atoms with van der Waals surface area (Å²) in [5, 5.41) is 14.3. The highest BCUT2D eigenvalue weighted by Gasteiger charge is 2.19. The van der Waals surface area contributed by atoms with Gasteiger partial charge in [-0.05, 0) is 34.1 Å². The molecule has 1 heterocycles. The van der Waals surface area contributed by atoms with Gasteiger partial charge in [0.1, 0.15) is 0 Å². The van der Waals surface area contributed by atoms with E-state index in [1.165, 1.54) is 17.0 Å². The molecule has 0 unspecified atom stereocenters. The number of anilines is 1. The molecule has 0 atom stereocenters. The van der Waals surface area contributed by atoms with E-state index in [-0.39, 0.29) is 23.9 Å². The SMILES string of the molecule is O=C1CCN(C(=O)Nc2cc(C(=O)O)ccc2Br)CCN1. The van der Waals surface area contributed by atoms with Crippen LogP contribution in [-0.4, -0.2) is 47.5 Å². The van der Waals surface area contributed by atoms with Crippen LogP contribution in [0.2, 0.25) is 0 Å². The predicted molar refractivity (Wildman–Crippen MR) is 79.3 cm³/mol. The van der Waals surface area contributed by atoms with Crippen LogP contribution in [0.3, 0.4) is 0 Å². The normalized spacial score (nSPS) is 15.1. The third-order valence-electron chi connectivity index (χ3n) is 3.05. The van der Waals surface area contributed by atoms with Crippen molar-refractivity contribution in [2.75, 3.05) is 25.0 Å². The van der Waals surface area contributed by atoms with Crippen LogP contribution in [0, 0.1) is 0 Å². The lowest BCUT2D eigenvalue weighted by molar-refractivity contribution is -0.120. The van der Waals surface area contributed by atoms with Gasteiger partial charge in [0.15, 0.2) is 0 Å². The van der Waals surface area contributed by atoms with Crippen molar-refractivity contribution in [3.8, 4) is 0 Å². The van der Waals surface area contributed by atoms with E-state index < -0.39 is 5.97 Å². The Labute approximate surface area is 129 Å². The molecule has 1 fully saturated rings. The standard InChI is InChI=1S/C13H14BrN3O4/c14-9-2-1-8(12(19)20)7-10(9)16-13(21)17-5-3-11(18)15-4-6-17/h1-2,7H,3-6H2,(H,15,18)(H,16,21)(H,19,20). The second kappa shape index (κ2) is 6.57. The van der Waals surface area contributed by atoms with Gasteiger partial charge in [-0.15, -0.1) is 0 Å². The molecule has 2 rings (SSSR count). The number of urea groups is 1. The van der Waals surface area contributed by atoms with Crippen LogP contribution in [0.25, 0.3) is 0 Å². The fraction of sp³-hybridized carbons (Fsp3) is 0.308. The van der Waals surface area contributed by atoms with E-state index in [9.17, 15) is 14.4 Å². The number of aromatic carboxylic acids is 1. The number of carboxylic acid groups (broad SMARTS) is 1. The molecule has 0 radical (unpaired) electrons. The quantitative estimate of drug-likeness (QED) is 0.748. The molecule has 112 valence electrons. The topological polar surface area (TPSA) is 98.7 Å². The van der Waals surface area contributed by atoms with Crippen LogP contribution in [0.1, 0.15) is 16.8 Å². The number of nitrogens with zero attached hydrogens (tertiary/aromatic N) is 1. The maximum absolute atomic E-state index is 12.2. The third kappa shape index (κ3) is 3.94. The zero-order valence-electron chi connectivity index (χ0n) is 11.1. The van der Waals surface area contributed by atoms with Crippen molar-refractivity contribution in [2.45, 2.75) is 6.42 Å². The second-order valence-electron chi connectivity index (χ2n) is 4.52. The molecule has 1 saturated heterocycles. The number of nitrogens with one attached hydrogen (secondary N) is 2. The van der Waals surface area contributed by atoms with E-state index in [1.54, 1.807) is 6.07 Å². The molecule has 0 aliphatic carbocycles. The summed E-state index contributed by atoms with van der Waals surface area (Å²) in [5.74, 6) is -1.15. The molecule has 0 bridgehead atoms. The largest absolute Gasteiger partial charge is 0.478 e. The zero-order chi connectivity index (χ0) is 15.4. The van der Waals surface area contributed by atoms with Crippen molar-refractivity contribution in [1.82, 2.24) is 10.2 Å². The van der Waals surface area contributed by atoms with Gasteiger partial charge in [0.2, 0.25) is 5.91 Å². The van der Waals surface area contributed by atoms with E-state index >= 15 is 0 Å². The molecule has 21 heavy (non-hydrogen) atoms. The van der Waals surface area contributed by atoms with Gasteiger partial charge >= 0.3 is 12.0 Å². The number of carbonyl (C=O) groups is 3. The first kappa shape index (κ1) is 15.3. The Hall–Kier alpha value is -2.09. The smallest absolute Gasteiger partial charge is 0.335 e. The Kier molecular flexibility index (Phi) is 4.79. The minimum absolute atomic E-state index is 0.0839. The molecule has 1 aromatic carbocycles. The molecule has 0 aromatic heterocycles. The van der Waals surface area contributed by atoms with Crippen molar-refractivity contribution in [3.05, 3.63) is 28.2 Å². The first-order valence-electron chi connectivity index (χ1n) is 6.33. The van der Waals surface area contributed by atoms with Crippen molar-refractivity contribution in [1.29, 1.82) is 0 Å². The van der Waals surface area contributed by atoms with E-state index in [1.807, 2.05) is 0 Å². The Morgan fingerprint density at radius 2 is 2.10 bits per heavy atom. The lowest BCUT2D eigenvalue weighted by Gasteiger charge is -2.20. The summed E-state index contributed by atoms with van der Waals surface area (Å²) < 4.78 is 0.588. The molecule has 0 saturated carbocycles. The summed E-state index contributed by atoms with van der Waals surface area (Å²) in [7, 11) is 0. The Bertz CT molecular complexity index is 591. The van der Waals surface area contributed by atoms with Crippen LogP contribution >= 0.6 is 15.9 Å². The van der Waals surface area contributed by atoms with E-state index in [0.717, 1.165) is 0 Å². The zero-order valence-corrected chi connectivity index (χ0v) is 12.6. The van der Waals surface area contributed by atoms with E-state index in [2.05, 4.69) is 26.6 Å². The first-order valence-corrected chi connectivity index (χ1v) is 7.12. The number of amides is 3. The van der Waals surface area contributed by atoms with Gasteiger partial charge in [-0.1, -0.05) is 0 Å². The molecule has 3 amide bonds. The molecule has 3 N–H and O–H groups in total. The fourth-order valence-corrected chi connectivity index (χ4v) is 2.26. The predicted octanol–water partition coefficient (Wildman–Crippen LogP) is 1.50. The molecule has 7 nitrogen and oxygen atoms in total. The Balaban J connectivity index is 2.10. The Morgan fingerprint density at radius 3 is 2.81 bits per heavy atom. The van der Waals surface area contributed by atoms with E-state index in [4.69, 9.17) is 5.11 Å². The maximum atomic E-state index is 12.2. The first-order chi connectivity index (χ1) is 9.97. The number of carbonyl (C=O) groups excluding carboxylic acids is 2. The van der Waals surface area contributed by atoms with Crippen molar-refractivity contribution >= 4 is 39.5 Å². The molecule has 8 heteroatoms. The molecular formula is C13H14BrN3O4. The third-order valence-corrected chi connectivity index (χ3v) is 3.75. The van der Waals surface area contributed by atoms with Crippen LogP contribution in [0.4, 0.5) is 10.5 Å². The van der Waals surface area contributed by atoms with Gasteiger partial charge in [0.25, 0.3) is 0 Å². The number of halogens is 1. The van der Waals surface area contributed by atoms with Gasteiger partial charge in [-0.2, -0.15) is 0 Å². The lowest BCUT2D eigenvalue weighted by atomic mass is 10.2. The molecule has 1 aliphatic rings.